The first kappa shape index (κ1) is 52.4. The summed E-state index contributed by atoms with van der Waals surface area (Å²) in [6.07, 6.45) is 15.2. The molecule has 19 heteroatoms. The predicted molar refractivity (Wildman–Crippen MR) is 285 cm³/mol. The number of nitrogen functional groups attached to an aromatic ring is 2. The minimum absolute atomic E-state index is 0.152. The summed E-state index contributed by atoms with van der Waals surface area (Å²) in [5, 5.41) is 28.9. The highest BCUT2D eigenvalue weighted by Crippen LogP contribution is 2.36. The summed E-state index contributed by atoms with van der Waals surface area (Å²) in [5.74, 6) is -1.85. The molecule has 73 heavy (non-hydrogen) atoms. The SMILES string of the molecule is CCc1cc(NC(=O)C(=O)N2C[C@@H](C)CC[C@@H]2c2ccc3nn([C@@H]4CCN(C)C4)cc3c2)cnc1N.CCc1cc(NC(=O)C(=O)O)cnc1N.C[C@H]1CC[C@H](c2ccc3nn([C@@H]4CCN(C)C4)cc3c2)NC1. The number of aryl methyl sites for hydroxylation is 2. The Kier molecular flexibility index (Phi) is 16.7. The molecule has 4 saturated heterocycles. The first-order chi connectivity index (χ1) is 35.0. The van der Waals surface area contributed by atoms with Gasteiger partial charge in [-0.15, -0.1) is 0 Å². The lowest BCUT2D eigenvalue weighted by molar-refractivity contribution is -0.147. The van der Waals surface area contributed by atoms with Crippen molar-refractivity contribution < 1.29 is 24.3 Å². The van der Waals surface area contributed by atoms with E-state index in [1.807, 2.05) is 19.9 Å². The van der Waals surface area contributed by atoms with Crippen LogP contribution in [0.2, 0.25) is 0 Å². The van der Waals surface area contributed by atoms with Crippen LogP contribution in [-0.2, 0) is 32.0 Å². The maximum Gasteiger partial charge on any atom is 0.394 e. The molecule has 2 aromatic carbocycles. The van der Waals surface area contributed by atoms with Crippen LogP contribution in [0.1, 0.15) is 113 Å². The third-order valence-corrected chi connectivity index (χ3v) is 14.8. The number of nitrogens with two attached hydrogens (primary N) is 2. The number of benzene rings is 2. The summed E-state index contributed by atoms with van der Waals surface area (Å²) >= 11 is 0. The molecule has 0 radical (unpaired) electrons. The molecule has 4 aliphatic heterocycles. The van der Waals surface area contributed by atoms with Crippen LogP contribution in [0.25, 0.3) is 21.8 Å². The predicted octanol–water partition coefficient (Wildman–Crippen LogP) is 6.61. The van der Waals surface area contributed by atoms with Crippen molar-refractivity contribution in [2.24, 2.45) is 11.8 Å². The van der Waals surface area contributed by atoms with Crippen LogP contribution < -0.4 is 27.4 Å². The maximum atomic E-state index is 13.4. The zero-order valence-corrected chi connectivity index (χ0v) is 43.1. The summed E-state index contributed by atoms with van der Waals surface area (Å²) in [6.45, 7) is 14.4. The standard InChI is InChI=1S/C27H35N7O2.C18H26N4.C9H11N3O3/c1-4-18-12-21(13-29-25(18)28)30-26(35)27(36)33-14-17(2)5-8-24(33)19-6-7-23-20(11-19)15-34(31-23)22-9-10-32(3)16-22;1-13-3-5-17(19-10-13)14-4-6-18-15(9-14)11-22(20-18)16-7-8-21(2)12-16;1-2-5-3-6(4-11-7(5)10)12-8(13)9(14)15/h6-7,11-13,15,17,22,24H,4-5,8-10,14,16H2,1-3H3,(H2,28,29)(H,30,35);4,6,9,11,13,16-17,19H,3,5,7-8,10,12H2,1-2H3;3-4H,2H2,1H3,(H2,10,11)(H,12,13)(H,14,15)/t17-,22+,24+;13-,16+,17+;/m00./s1. The van der Waals surface area contributed by atoms with Crippen molar-refractivity contribution in [2.75, 3.05) is 75.5 Å². The van der Waals surface area contributed by atoms with Gasteiger partial charge in [-0.2, -0.15) is 10.2 Å². The van der Waals surface area contributed by atoms with E-state index < -0.39 is 23.7 Å². The Morgan fingerprint density at radius 3 is 1.68 bits per heavy atom. The van der Waals surface area contributed by atoms with Crippen LogP contribution in [0.3, 0.4) is 0 Å². The van der Waals surface area contributed by atoms with Gasteiger partial charge in [0.1, 0.15) is 11.6 Å². The molecule has 0 spiro atoms. The lowest BCUT2D eigenvalue weighted by atomic mass is 9.89. The van der Waals surface area contributed by atoms with Crippen LogP contribution in [0.4, 0.5) is 23.0 Å². The number of carboxylic acid groups (broad SMARTS) is 1. The lowest BCUT2D eigenvalue weighted by Crippen LogP contribution is -2.46. The van der Waals surface area contributed by atoms with Crippen LogP contribution in [0.15, 0.2) is 73.3 Å². The van der Waals surface area contributed by atoms with Gasteiger partial charge < -0.3 is 47.2 Å². The van der Waals surface area contributed by atoms with Gasteiger partial charge in [0.05, 0.1) is 52.9 Å². The number of carbonyl (C=O) groups excluding carboxylic acids is 3. The highest BCUT2D eigenvalue weighted by molar-refractivity contribution is 6.39. The van der Waals surface area contributed by atoms with Gasteiger partial charge in [0.15, 0.2) is 0 Å². The number of nitrogens with zero attached hydrogens (tertiary/aromatic N) is 9. The molecule has 0 saturated carbocycles. The van der Waals surface area contributed by atoms with Crippen molar-refractivity contribution in [3.05, 3.63) is 95.6 Å². The number of likely N-dealkylation sites (N-methyl/N-ethyl adjacent to an activating group) is 2. The fourth-order valence-electron chi connectivity index (χ4n) is 10.4. The Bertz CT molecular complexity index is 2930. The molecule has 0 aliphatic carbocycles. The Hall–Kier alpha value is -6.96. The minimum Gasteiger partial charge on any atom is -0.474 e. The first-order valence-corrected chi connectivity index (χ1v) is 25.8. The maximum absolute atomic E-state index is 13.4. The van der Waals surface area contributed by atoms with E-state index in [9.17, 15) is 19.2 Å². The van der Waals surface area contributed by atoms with Gasteiger partial charge in [0.2, 0.25) is 0 Å². The molecule has 0 unspecified atom stereocenters. The second-order valence-electron chi connectivity index (χ2n) is 20.5. The molecule has 6 aromatic rings. The van der Waals surface area contributed by atoms with E-state index in [1.165, 1.54) is 49.2 Å². The molecule has 0 bridgehead atoms. The number of aliphatic carboxylic acids is 1. The number of pyridine rings is 2. The van der Waals surface area contributed by atoms with Crippen molar-refractivity contribution in [3.63, 3.8) is 0 Å². The third kappa shape index (κ3) is 12.8. The zero-order chi connectivity index (χ0) is 51.9. The fourth-order valence-corrected chi connectivity index (χ4v) is 10.4. The van der Waals surface area contributed by atoms with Gasteiger partial charge in [0, 0.05) is 48.8 Å². The zero-order valence-electron chi connectivity index (χ0n) is 43.1. The van der Waals surface area contributed by atoms with Crippen molar-refractivity contribution in [3.8, 4) is 0 Å². The number of anilines is 4. The van der Waals surface area contributed by atoms with E-state index in [0.717, 1.165) is 84.5 Å². The number of carboxylic acids is 1. The average molecular weight is 997 g/mol. The van der Waals surface area contributed by atoms with Crippen LogP contribution in [0.5, 0.6) is 0 Å². The van der Waals surface area contributed by atoms with Gasteiger partial charge in [0.25, 0.3) is 0 Å². The molecule has 8 heterocycles. The molecular formula is C54H72N14O5. The van der Waals surface area contributed by atoms with Crippen molar-refractivity contribution in [2.45, 2.75) is 103 Å². The third-order valence-electron chi connectivity index (χ3n) is 14.8. The molecule has 10 rings (SSSR count). The van der Waals surface area contributed by atoms with Crippen LogP contribution >= 0.6 is 0 Å². The van der Waals surface area contributed by atoms with Crippen LogP contribution in [0, 0.1) is 11.8 Å². The number of likely N-dealkylation sites (tertiary alicyclic amines) is 3. The molecule has 3 amide bonds. The molecule has 19 nitrogen and oxygen atoms in total. The Morgan fingerprint density at radius 1 is 0.671 bits per heavy atom. The summed E-state index contributed by atoms with van der Waals surface area (Å²) in [5.41, 5.74) is 18.4. The topological polar surface area (TPSA) is 248 Å². The average Bonchev–Trinajstić information content (AvgIpc) is 4.22. The molecule has 4 aliphatic rings. The number of piperidine rings is 2. The number of hydrogen-bond acceptors (Lipinski definition) is 13. The summed E-state index contributed by atoms with van der Waals surface area (Å²) in [7, 11) is 4.33. The summed E-state index contributed by atoms with van der Waals surface area (Å²) in [6, 6.07) is 17.7. The highest BCUT2D eigenvalue weighted by atomic mass is 16.4. The number of nitrogens with one attached hydrogen (secondary N) is 3. The fraction of sp³-hybridized carbons (Fsp3) is 0.481. The van der Waals surface area contributed by atoms with E-state index in [4.69, 9.17) is 26.8 Å². The molecule has 8 N–H and O–H groups in total. The van der Waals surface area contributed by atoms with E-state index in [1.54, 1.807) is 17.0 Å². The molecular weight excluding hydrogens is 925 g/mol. The Balaban J connectivity index is 0.000000163. The van der Waals surface area contributed by atoms with Gasteiger partial charge in [-0.25, -0.2) is 14.8 Å². The molecule has 4 fully saturated rings. The van der Waals surface area contributed by atoms with Crippen molar-refractivity contribution in [1.29, 1.82) is 0 Å². The van der Waals surface area contributed by atoms with Gasteiger partial charge in [-0.05, 0) is 156 Å². The normalized spacial score (nSPS) is 22.3. The highest BCUT2D eigenvalue weighted by Gasteiger charge is 2.35. The first-order valence-electron chi connectivity index (χ1n) is 25.8. The molecule has 388 valence electrons. The second kappa shape index (κ2) is 23.3. The number of amides is 3. The largest absolute Gasteiger partial charge is 0.474 e. The Labute approximate surface area is 427 Å². The number of rotatable bonds is 8. The summed E-state index contributed by atoms with van der Waals surface area (Å²) in [4.78, 5) is 61.9. The number of aromatic nitrogens is 6. The van der Waals surface area contributed by atoms with Gasteiger partial charge in [-0.1, -0.05) is 39.8 Å². The Morgan fingerprint density at radius 2 is 1.19 bits per heavy atom. The van der Waals surface area contributed by atoms with Crippen LogP contribution in [-0.4, -0.2) is 126 Å². The summed E-state index contributed by atoms with van der Waals surface area (Å²) < 4.78 is 4.27. The number of carbonyl (C=O) groups is 4. The monoisotopic (exact) mass is 997 g/mol. The molecule has 6 atom stereocenters. The molecule has 4 aromatic heterocycles. The van der Waals surface area contributed by atoms with E-state index >= 15 is 0 Å². The van der Waals surface area contributed by atoms with E-state index in [2.05, 4.69) is 116 Å². The quantitative estimate of drug-likeness (QED) is 0.0879. The van der Waals surface area contributed by atoms with Gasteiger partial charge >= 0.3 is 23.7 Å². The lowest BCUT2D eigenvalue weighted by Gasteiger charge is -2.38. The number of fused-ring (bicyclic) bond motifs is 2. The van der Waals surface area contributed by atoms with E-state index in [0.29, 0.717) is 66.4 Å². The van der Waals surface area contributed by atoms with Crippen molar-refractivity contribution >= 4 is 68.5 Å². The number of hydrogen-bond donors (Lipinski definition) is 6. The van der Waals surface area contributed by atoms with E-state index in [-0.39, 0.29) is 6.04 Å². The van der Waals surface area contributed by atoms with Crippen molar-refractivity contribution in [1.82, 2.24) is 49.5 Å². The smallest absolute Gasteiger partial charge is 0.394 e. The minimum atomic E-state index is -1.54. The second-order valence-corrected chi connectivity index (χ2v) is 20.5. The van der Waals surface area contributed by atoms with Gasteiger partial charge in [-0.3, -0.25) is 23.7 Å².